The van der Waals surface area contributed by atoms with E-state index in [1.165, 1.54) is 0 Å². The minimum absolute atomic E-state index is 0.0938. The Kier molecular flexibility index (Phi) is 4.74. The molecule has 0 aliphatic heterocycles. The summed E-state index contributed by atoms with van der Waals surface area (Å²) in [5.74, 6) is 0. The maximum Gasteiger partial charge on any atom is 0.273 e. The Labute approximate surface area is 127 Å². The van der Waals surface area contributed by atoms with Gasteiger partial charge in [-0.25, -0.2) is 4.98 Å². The largest absolute Gasteiger partial charge is 0.385 e. The predicted molar refractivity (Wildman–Crippen MR) is 86.2 cm³/mol. The number of anilines is 2. The van der Waals surface area contributed by atoms with Crippen LogP contribution in [0.5, 0.6) is 0 Å². The molecule has 2 aromatic rings. The molecular formula is C14H18N4O2S. The number of aromatic nitrogens is 1. The van der Waals surface area contributed by atoms with Crippen LogP contribution in [0.4, 0.5) is 17.1 Å². The Morgan fingerprint density at radius 3 is 2.76 bits per heavy atom. The lowest BCUT2D eigenvalue weighted by molar-refractivity contribution is -0.384. The van der Waals surface area contributed by atoms with Gasteiger partial charge in [-0.3, -0.25) is 10.1 Å². The number of hydrogen-bond donors (Lipinski definition) is 1. The Balaban J connectivity index is 2.28. The number of aryl methyl sites for hydroxylation is 1. The van der Waals surface area contributed by atoms with Gasteiger partial charge in [0.2, 0.25) is 0 Å². The monoisotopic (exact) mass is 306 g/mol. The number of hydrogen-bond acceptors (Lipinski definition) is 6. The van der Waals surface area contributed by atoms with Crippen molar-refractivity contribution in [3.05, 3.63) is 44.4 Å². The van der Waals surface area contributed by atoms with Gasteiger partial charge in [-0.05, 0) is 19.9 Å². The van der Waals surface area contributed by atoms with E-state index in [0.717, 1.165) is 28.5 Å². The molecule has 0 aliphatic carbocycles. The molecule has 6 nitrogen and oxygen atoms in total. The minimum Gasteiger partial charge on any atom is -0.385 e. The van der Waals surface area contributed by atoms with Gasteiger partial charge in [0.15, 0.2) is 0 Å². The zero-order chi connectivity index (χ0) is 15.4. The van der Waals surface area contributed by atoms with E-state index >= 15 is 0 Å². The number of nitrogens with zero attached hydrogens (tertiary/aromatic N) is 3. The van der Waals surface area contributed by atoms with Crippen molar-refractivity contribution >= 4 is 28.4 Å². The highest BCUT2D eigenvalue weighted by Crippen LogP contribution is 2.28. The molecular weight excluding hydrogens is 288 g/mol. The van der Waals surface area contributed by atoms with Crippen molar-refractivity contribution in [2.24, 2.45) is 0 Å². The lowest BCUT2D eigenvalue weighted by atomic mass is 10.2. The molecule has 21 heavy (non-hydrogen) atoms. The van der Waals surface area contributed by atoms with E-state index in [2.05, 4.69) is 10.3 Å². The fraction of sp³-hybridized carbons (Fsp3) is 0.357. The fourth-order valence-electron chi connectivity index (χ4n) is 2.01. The summed E-state index contributed by atoms with van der Waals surface area (Å²) in [7, 11) is 1.92. The predicted octanol–water partition coefficient (Wildman–Crippen LogP) is 3.43. The van der Waals surface area contributed by atoms with Crippen molar-refractivity contribution in [3.63, 3.8) is 0 Å². The number of non-ortho nitro benzene ring substituents is 1. The average Bonchev–Trinajstić information content (AvgIpc) is 2.84. The van der Waals surface area contributed by atoms with E-state index in [1.54, 1.807) is 23.5 Å². The Morgan fingerprint density at radius 2 is 2.19 bits per heavy atom. The molecule has 1 N–H and O–H groups in total. The maximum absolute atomic E-state index is 11.1. The highest BCUT2D eigenvalue weighted by Gasteiger charge is 2.13. The lowest BCUT2D eigenvalue weighted by Crippen LogP contribution is -2.16. The highest BCUT2D eigenvalue weighted by atomic mass is 32.1. The van der Waals surface area contributed by atoms with E-state index in [0.29, 0.717) is 6.54 Å². The van der Waals surface area contributed by atoms with E-state index < -0.39 is 0 Å². The van der Waals surface area contributed by atoms with Crippen molar-refractivity contribution in [2.45, 2.75) is 20.4 Å². The van der Waals surface area contributed by atoms with Crippen LogP contribution in [0.2, 0.25) is 0 Å². The summed E-state index contributed by atoms with van der Waals surface area (Å²) in [5, 5.41) is 14.2. The van der Waals surface area contributed by atoms with E-state index in [4.69, 9.17) is 0 Å². The lowest BCUT2D eigenvalue weighted by Gasteiger charge is -2.19. The second kappa shape index (κ2) is 6.53. The quantitative estimate of drug-likeness (QED) is 0.654. The maximum atomic E-state index is 11.1. The van der Waals surface area contributed by atoms with Gasteiger partial charge >= 0.3 is 0 Å². The Bertz CT molecular complexity index is 642. The molecule has 1 heterocycles. The first-order valence-corrected chi connectivity index (χ1v) is 7.52. The number of nitro benzene ring substituents is 1. The van der Waals surface area contributed by atoms with Crippen molar-refractivity contribution in [2.75, 3.05) is 23.8 Å². The van der Waals surface area contributed by atoms with Crippen LogP contribution in [0.25, 0.3) is 0 Å². The summed E-state index contributed by atoms with van der Waals surface area (Å²) in [6.45, 7) is 5.33. The Morgan fingerprint density at radius 1 is 1.43 bits per heavy atom. The number of benzene rings is 1. The number of nitrogens with one attached hydrogen (secondary N) is 1. The summed E-state index contributed by atoms with van der Waals surface area (Å²) in [6, 6.07) is 5.07. The molecule has 0 aliphatic rings. The molecule has 2 rings (SSSR count). The van der Waals surface area contributed by atoms with Crippen LogP contribution in [0.1, 0.15) is 17.5 Å². The molecule has 0 amide bonds. The molecule has 0 spiro atoms. The van der Waals surface area contributed by atoms with Gasteiger partial charge in [0.25, 0.3) is 5.69 Å². The minimum atomic E-state index is -0.365. The number of thiazole rings is 1. The van der Waals surface area contributed by atoms with Gasteiger partial charge in [0.05, 0.1) is 22.7 Å². The zero-order valence-corrected chi connectivity index (χ0v) is 13.1. The second-order valence-electron chi connectivity index (χ2n) is 4.74. The smallest absolute Gasteiger partial charge is 0.273 e. The highest BCUT2D eigenvalue weighted by molar-refractivity contribution is 7.09. The van der Waals surface area contributed by atoms with Crippen LogP contribution in [0.3, 0.4) is 0 Å². The first kappa shape index (κ1) is 15.2. The molecule has 7 heteroatoms. The molecule has 1 aromatic carbocycles. The molecule has 1 aromatic heterocycles. The van der Waals surface area contributed by atoms with Gasteiger partial charge in [0, 0.05) is 42.0 Å². The molecule has 0 radical (unpaired) electrons. The topological polar surface area (TPSA) is 71.3 Å². The summed E-state index contributed by atoms with van der Waals surface area (Å²) in [6.07, 6.45) is 0. The number of rotatable bonds is 6. The van der Waals surface area contributed by atoms with Gasteiger partial charge in [-0.1, -0.05) is 0 Å². The average molecular weight is 306 g/mol. The first-order valence-electron chi connectivity index (χ1n) is 6.64. The van der Waals surface area contributed by atoms with Gasteiger partial charge < -0.3 is 10.2 Å². The molecule has 0 saturated carbocycles. The van der Waals surface area contributed by atoms with Crippen LogP contribution in [-0.4, -0.2) is 23.5 Å². The Hall–Kier alpha value is -2.15. The normalized spacial score (nSPS) is 10.4. The molecule has 0 saturated heterocycles. The van der Waals surface area contributed by atoms with Crippen molar-refractivity contribution in [3.8, 4) is 0 Å². The molecule has 112 valence electrons. The second-order valence-corrected chi connectivity index (χ2v) is 5.68. The summed E-state index contributed by atoms with van der Waals surface area (Å²) < 4.78 is 0. The summed E-state index contributed by atoms with van der Waals surface area (Å²) in [4.78, 5) is 18.1. The van der Waals surface area contributed by atoms with Crippen LogP contribution >= 0.6 is 11.3 Å². The third kappa shape index (κ3) is 3.69. The van der Waals surface area contributed by atoms with E-state index in [9.17, 15) is 10.1 Å². The molecule has 0 unspecified atom stereocenters. The van der Waals surface area contributed by atoms with Crippen LogP contribution in [0.15, 0.2) is 23.7 Å². The standard InChI is InChI=1S/C14H18N4O2S/c1-4-15-11-5-12(7-13(6-11)18(19)20)17(3)8-14-10(2)16-9-21-14/h5-7,9,15H,4,8H2,1-3H3. The van der Waals surface area contributed by atoms with Gasteiger partial charge in [-0.15, -0.1) is 11.3 Å². The third-order valence-corrected chi connectivity index (χ3v) is 4.08. The van der Waals surface area contributed by atoms with E-state index in [-0.39, 0.29) is 10.6 Å². The first-order chi connectivity index (χ1) is 10.0. The van der Waals surface area contributed by atoms with E-state index in [1.807, 2.05) is 37.4 Å². The summed E-state index contributed by atoms with van der Waals surface area (Å²) in [5.41, 5.74) is 4.48. The van der Waals surface area contributed by atoms with Crippen molar-refractivity contribution in [1.82, 2.24) is 4.98 Å². The number of nitro groups is 1. The van der Waals surface area contributed by atoms with Gasteiger partial charge in [0.1, 0.15) is 0 Å². The molecule has 0 fully saturated rings. The van der Waals surface area contributed by atoms with Crippen molar-refractivity contribution < 1.29 is 4.92 Å². The van der Waals surface area contributed by atoms with Crippen LogP contribution in [-0.2, 0) is 6.54 Å². The molecule has 0 bridgehead atoms. The van der Waals surface area contributed by atoms with Crippen molar-refractivity contribution in [1.29, 1.82) is 0 Å². The molecule has 0 atom stereocenters. The summed E-state index contributed by atoms with van der Waals surface area (Å²) >= 11 is 1.60. The third-order valence-electron chi connectivity index (χ3n) is 3.16. The SMILES string of the molecule is CCNc1cc(N(C)Cc2scnc2C)cc([N+](=O)[O-])c1. The zero-order valence-electron chi connectivity index (χ0n) is 12.3. The van der Waals surface area contributed by atoms with Crippen LogP contribution in [0, 0.1) is 17.0 Å². The van der Waals surface area contributed by atoms with Gasteiger partial charge in [-0.2, -0.15) is 0 Å². The van der Waals surface area contributed by atoms with Crippen LogP contribution < -0.4 is 10.2 Å². The fourth-order valence-corrected chi connectivity index (χ4v) is 2.84.